The van der Waals surface area contributed by atoms with Crippen LogP contribution in [0, 0.1) is 6.92 Å². The number of hydrogen-bond acceptors (Lipinski definition) is 2. The molecule has 2 aromatic heterocycles. The van der Waals surface area contributed by atoms with Gasteiger partial charge in [0.05, 0.1) is 0 Å². The molecule has 0 unspecified atom stereocenters. The van der Waals surface area contributed by atoms with Crippen LogP contribution in [-0.4, -0.2) is 9.97 Å². The van der Waals surface area contributed by atoms with E-state index in [1.54, 1.807) is 12.4 Å². The molecule has 0 aliphatic heterocycles. The molecule has 0 aliphatic rings. The lowest BCUT2D eigenvalue weighted by molar-refractivity contribution is 1.08. The fourth-order valence-electron chi connectivity index (χ4n) is 1.50. The second-order valence-corrected chi connectivity index (χ2v) is 3.56. The molecule has 0 spiro atoms. The molecule has 3 nitrogen and oxygen atoms in total. The Balaban J connectivity index is 2.26. The monoisotopic (exact) mass is 200 g/mol. The molecule has 76 valence electrons. The lowest BCUT2D eigenvalue weighted by atomic mass is 10.1. The maximum atomic E-state index is 11.2. The van der Waals surface area contributed by atoms with Crippen LogP contribution in [0.5, 0.6) is 0 Å². The Morgan fingerprint density at radius 3 is 2.93 bits per heavy atom. The van der Waals surface area contributed by atoms with E-state index in [1.165, 1.54) is 0 Å². The van der Waals surface area contributed by atoms with Crippen LogP contribution < -0.4 is 5.56 Å². The Bertz CT molecular complexity index is 503. The first-order valence-corrected chi connectivity index (χ1v) is 4.83. The molecule has 0 bridgehead atoms. The predicted molar refractivity (Wildman–Crippen MR) is 58.8 cm³/mol. The highest BCUT2D eigenvalue weighted by molar-refractivity contribution is 5.24. The second kappa shape index (κ2) is 4.09. The van der Waals surface area contributed by atoms with Crippen LogP contribution >= 0.6 is 0 Å². The summed E-state index contributed by atoms with van der Waals surface area (Å²) in [4.78, 5) is 17.9. The van der Waals surface area contributed by atoms with Gasteiger partial charge in [-0.1, -0.05) is 6.07 Å². The molecule has 15 heavy (non-hydrogen) atoms. The first kappa shape index (κ1) is 9.65. The van der Waals surface area contributed by atoms with E-state index < -0.39 is 0 Å². The number of rotatable bonds is 2. The highest BCUT2D eigenvalue weighted by Gasteiger charge is 1.98. The van der Waals surface area contributed by atoms with Crippen LogP contribution in [0.25, 0.3) is 0 Å². The highest BCUT2D eigenvalue weighted by Crippen LogP contribution is 2.06. The number of pyridine rings is 2. The zero-order valence-electron chi connectivity index (χ0n) is 8.53. The minimum atomic E-state index is -0.0232. The number of H-pyrrole nitrogens is 1. The van der Waals surface area contributed by atoms with Gasteiger partial charge in [0, 0.05) is 30.6 Å². The van der Waals surface area contributed by atoms with Gasteiger partial charge in [0.2, 0.25) is 0 Å². The van der Waals surface area contributed by atoms with E-state index in [4.69, 9.17) is 0 Å². The maximum absolute atomic E-state index is 11.2. The summed E-state index contributed by atoms with van der Waals surface area (Å²) < 4.78 is 0. The van der Waals surface area contributed by atoms with Gasteiger partial charge in [-0.25, -0.2) is 0 Å². The number of nitrogens with zero attached hydrogens (tertiary/aromatic N) is 1. The molecule has 0 aliphatic carbocycles. The third kappa shape index (κ3) is 2.31. The van der Waals surface area contributed by atoms with Crippen molar-refractivity contribution in [2.24, 2.45) is 0 Å². The summed E-state index contributed by atoms with van der Waals surface area (Å²) in [5.74, 6) is 0. The summed E-state index contributed by atoms with van der Waals surface area (Å²) >= 11 is 0. The quantitative estimate of drug-likeness (QED) is 0.801. The van der Waals surface area contributed by atoms with Crippen molar-refractivity contribution >= 4 is 0 Å². The lowest BCUT2D eigenvalue weighted by Crippen LogP contribution is -2.09. The van der Waals surface area contributed by atoms with Crippen molar-refractivity contribution < 1.29 is 0 Å². The molecule has 0 amide bonds. The van der Waals surface area contributed by atoms with Gasteiger partial charge < -0.3 is 4.98 Å². The smallest absolute Gasteiger partial charge is 0.250 e. The van der Waals surface area contributed by atoms with Crippen molar-refractivity contribution in [3.05, 3.63) is 63.8 Å². The summed E-state index contributed by atoms with van der Waals surface area (Å²) in [5.41, 5.74) is 2.96. The molecule has 2 rings (SSSR count). The van der Waals surface area contributed by atoms with Gasteiger partial charge in [-0.05, 0) is 30.2 Å². The highest BCUT2D eigenvalue weighted by atomic mass is 16.1. The van der Waals surface area contributed by atoms with Gasteiger partial charge >= 0.3 is 0 Å². The standard InChI is InChI=1S/C12H12N2O/c1-9-5-11(8-14-12(9)15)6-10-3-2-4-13-7-10/h2-5,7-8H,6H2,1H3,(H,14,15). The summed E-state index contributed by atoms with van der Waals surface area (Å²) in [6, 6.07) is 5.84. The van der Waals surface area contributed by atoms with Crippen molar-refractivity contribution in [3.63, 3.8) is 0 Å². The van der Waals surface area contributed by atoms with Crippen molar-refractivity contribution in [1.82, 2.24) is 9.97 Å². The average Bonchev–Trinajstić information content (AvgIpc) is 2.25. The van der Waals surface area contributed by atoms with E-state index in [-0.39, 0.29) is 5.56 Å². The van der Waals surface area contributed by atoms with Crippen molar-refractivity contribution in [2.75, 3.05) is 0 Å². The molecular weight excluding hydrogens is 188 g/mol. The zero-order chi connectivity index (χ0) is 10.7. The van der Waals surface area contributed by atoms with Crippen LogP contribution in [0.1, 0.15) is 16.7 Å². The lowest BCUT2D eigenvalue weighted by Gasteiger charge is -2.01. The minimum Gasteiger partial charge on any atom is -0.329 e. The number of aromatic amines is 1. The van der Waals surface area contributed by atoms with E-state index >= 15 is 0 Å². The van der Waals surface area contributed by atoms with Gasteiger partial charge in [-0.3, -0.25) is 9.78 Å². The number of aryl methyl sites for hydroxylation is 1. The van der Waals surface area contributed by atoms with Crippen LogP contribution in [0.3, 0.4) is 0 Å². The van der Waals surface area contributed by atoms with Crippen molar-refractivity contribution in [1.29, 1.82) is 0 Å². The Kier molecular flexibility index (Phi) is 2.63. The second-order valence-electron chi connectivity index (χ2n) is 3.56. The molecule has 1 N–H and O–H groups in total. The molecule has 3 heteroatoms. The van der Waals surface area contributed by atoms with Crippen LogP contribution in [0.2, 0.25) is 0 Å². The van der Waals surface area contributed by atoms with E-state index in [0.717, 1.165) is 23.1 Å². The molecule has 0 saturated carbocycles. The first-order chi connectivity index (χ1) is 7.25. The Hall–Kier alpha value is -1.90. The number of hydrogen-bond donors (Lipinski definition) is 1. The number of aromatic nitrogens is 2. The third-order valence-corrected chi connectivity index (χ3v) is 2.28. The fraction of sp³-hybridized carbons (Fsp3) is 0.167. The predicted octanol–water partition coefficient (Wildman–Crippen LogP) is 1.67. The normalized spacial score (nSPS) is 10.2. The van der Waals surface area contributed by atoms with Crippen molar-refractivity contribution in [3.8, 4) is 0 Å². The Labute approximate surface area is 87.8 Å². The summed E-state index contributed by atoms with van der Waals surface area (Å²) in [6.45, 7) is 1.81. The van der Waals surface area contributed by atoms with Gasteiger partial charge in [-0.15, -0.1) is 0 Å². The summed E-state index contributed by atoms with van der Waals surface area (Å²) in [7, 11) is 0. The van der Waals surface area contributed by atoms with E-state index in [0.29, 0.717) is 0 Å². The van der Waals surface area contributed by atoms with Crippen LogP contribution in [0.15, 0.2) is 41.6 Å². The average molecular weight is 200 g/mol. The molecule has 2 heterocycles. The van der Waals surface area contributed by atoms with Gasteiger partial charge in [0.15, 0.2) is 0 Å². The Morgan fingerprint density at radius 2 is 2.27 bits per heavy atom. The summed E-state index contributed by atoms with van der Waals surface area (Å²) in [6.07, 6.45) is 6.13. The molecule has 0 saturated heterocycles. The summed E-state index contributed by atoms with van der Waals surface area (Å²) in [5, 5.41) is 0. The zero-order valence-corrected chi connectivity index (χ0v) is 8.53. The third-order valence-electron chi connectivity index (χ3n) is 2.28. The van der Waals surface area contributed by atoms with Gasteiger partial charge in [-0.2, -0.15) is 0 Å². The van der Waals surface area contributed by atoms with Gasteiger partial charge in [0.25, 0.3) is 5.56 Å². The Morgan fingerprint density at radius 1 is 1.40 bits per heavy atom. The van der Waals surface area contributed by atoms with Gasteiger partial charge in [0.1, 0.15) is 0 Å². The molecule has 0 aromatic carbocycles. The molecule has 0 radical (unpaired) electrons. The van der Waals surface area contributed by atoms with E-state index in [9.17, 15) is 4.79 Å². The van der Waals surface area contributed by atoms with E-state index in [2.05, 4.69) is 9.97 Å². The first-order valence-electron chi connectivity index (χ1n) is 4.83. The number of nitrogens with one attached hydrogen (secondary N) is 1. The van der Waals surface area contributed by atoms with Crippen molar-refractivity contribution in [2.45, 2.75) is 13.3 Å². The molecular formula is C12H12N2O. The van der Waals surface area contributed by atoms with E-state index in [1.807, 2.05) is 31.3 Å². The minimum absolute atomic E-state index is 0.0232. The maximum Gasteiger partial charge on any atom is 0.250 e. The SMILES string of the molecule is Cc1cc(Cc2cccnc2)c[nH]c1=O. The van der Waals surface area contributed by atoms with Crippen LogP contribution in [0.4, 0.5) is 0 Å². The molecule has 0 fully saturated rings. The molecule has 0 atom stereocenters. The fourth-order valence-corrected chi connectivity index (χ4v) is 1.50. The molecule has 2 aromatic rings. The largest absolute Gasteiger partial charge is 0.329 e. The topological polar surface area (TPSA) is 45.8 Å². The van der Waals surface area contributed by atoms with Crippen LogP contribution in [-0.2, 0) is 6.42 Å².